The van der Waals surface area contributed by atoms with Crippen LogP contribution in [0.1, 0.15) is 36.7 Å². The summed E-state index contributed by atoms with van der Waals surface area (Å²) in [5.41, 5.74) is 3.92. The Hall–Kier alpha value is -2.67. The fourth-order valence-corrected chi connectivity index (χ4v) is 3.81. The Balaban J connectivity index is 2.12. The molecule has 3 aromatic rings. The Labute approximate surface area is 175 Å². The third-order valence-corrected chi connectivity index (χ3v) is 5.42. The second-order valence-electron chi connectivity index (χ2n) is 6.51. The minimum Gasteiger partial charge on any atom is -0.493 e. The number of hydrogen-bond acceptors (Lipinski definition) is 6. The van der Waals surface area contributed by atoms with Gasteiger partial charge in [0.15, 0.2) is 17.1 Å². The molecule has 3 rings (SSSR count). The van der Waals surface area contributed by atoms with Crippen LogP contribution < -0.4 is 14.2 Å². The van der Waals surface area contributed by atoms with Crippen molar-refractivity contribution in [3.05, 3.63) is 47.4 Å². The largest absolute Gasteiger partial charge is 0.493 e. The molecular formula is C22H27N3O3S. The predicted molar refractivity (Wildman–Crippen MR) is 119 cm³/mol. The fourth-order valence-electron chi connectivity index (χ4n) is 3.20. The van der Waals surface area contributed by atoms with Crippen LogP contribution in [0.4, 0.5) is 0 Å². The normalized spacial score (nSPS) is 11.7. The number of fused-ring (bicyclic) bond motifs is 1. The first-order chi connectivity index (χ1) is 14.1. The molecule has 0 aliphatic heterocycles. The minimum atomic E-state index is 0.582. The second kappa shape index (κ2) is 9.69. The molecule has 0 fully saturated rings. The van der Waals surface area contributed by atoms with Gasteiger partial charge >= 0.3 is 0 Å². The smallest absolute Gasteiger partial charge is 0.203 e. The number of ether oxygens (including phenoxy) is 3. The maximum atomic E-state index is 5.49. The van der Waals surface area contributed by atoms with Gasteiger partial charge in [0.25, 0.3) is 0 Å². The lowest BCUT2D eigenvalue weighted by Gasteiger charge is -2.14. The van der Waals surface area contributed by atoms with Gasteiger partial charge in [0, 0.05) is 16.7 Å². The van der Waals surface area contributed by atoms with Crippen molar-refractivity contribution in [1.82, 2.24) is 14.6 Å². The molecule has 154 valence electrons. The summed E-state index contributed by atoms with van der Waals surface area (Å²) < 4.78 is 18.3. The van der Waals surface area contributed by atoms with Crippen molar-refractivity contribution in [3.63, 3.8) is 0 Å². The van der Waals surface area contributed by atoms with E-state index in [2.05, 4.69) is 30.4 Å². The van der Waals surface area contributed by atoms with Gasteiger partial charge in [0.2, 0.25) is 5.75 Å². The highest BCUT2D eigenvalue weighted by Crippen LogP contribution is 2.40. The van der Waals surface area contributed by atoms with Crippen molar-refractivity contribution >= 4 is 28.4 Å². The average Bonchev–Trinajstić information content (AvgIpc) is 3.23. The van der Waals surface area contributed by atoms with Crippen molar-refractivity contribution < 1.29 is 14.2 Å². The maximum absolute atomic E-state index is 5.49. The van der Waals surface area contributed by atoms with Crippen molar-refractivity contribution in [2.24, 2.45) is 0 Å². The Morgan fingerprint density at radius 2 is 1.83 bits per heavy atom. The van der Waals surface area contributed by atoms with Crippen LogP contribution in [0.3, 0.4) is 0 Å². The van der Waals surface area contributed by atoms with Gasteiger partial charge < -0.3 is 14.2 Å². The van der Waals surface area contributed by atoms with E-state index in [0.717, 1.165) is 46.8 Å². The molecular weight excluding hydrogens is 386 g/mol. The van der Waals surface area contributed by atoms with Crippen LogP contribution in [-0.4, -0.2) is 42.2 Å². The van der Waals surface area contributed by atoms with E-state index in [0.29, 0.717) is 17.2 Å². The zero-order chi connectivity index (χ0) is 20.8. The number of nitrogens with zero attached hydrogens (tertiary/aromatic N) is 3. The SMILES string of the molecule is CCCCc1cc(/C(=C/c2cc(OC)c(OC)c(OC)c2)SC)n2nccc2n1. The minimum absolute atomic E-state index is 0.582. The molecule has 0 amide bonds. The van der Waals surface area contributed by atoms with E-state index >= 15 is 0 Å². The zero-order valence-corrected chi connectivity index (χ0v) is 18.4. The lowest BCUT2D eigenvalue weighted by molar-refractivity contribution is 0.324. The van der Waals surface area contributed by atoms with Gasteiger partial charge in [-0.25, -0.2) is 9.50 Å². The number of hydrogen-bond donors (Lipinski definition) is 0. The van der Waals surface area contributed by atoms with Gasteiger partial charge in [-0.3, -0.25) is 0 Å². The Bertz CT molecular complexity index is 989. The first-order valence-electron chi connectivity index (χ1n) is 9.54. The molecule has 0 saturated carbocycles. The van der Waals surface area contributed by atoms with Crippen LogP contribution >= 0.6 is 11.8 Å². The predicted octanol–water partition coefficient (Wildman–Crippen LogP) is 4.96. The number of thioether (sulfide) groups is 1. The quantitative estimate of drug-likeness (QED) is 0.494. The zero-order valence-electron chi connectivity index (χ0n) is 17.6. The maximum Gasteiger partial charge on any atom is 0.203 e. The molecule has 0 N–H and O–H groups in total. The second-order valence-corrected chi connectivity index (χ2v) is 7.36. The summed E-state index contributed by atoms with van der Waals surface area (Å²) in [5, 5.41) is 4.48. The van der Waals surface area contributed by atoms with Crippen LogP contribution in [0.2, 0.25) is 0 Å². The number of methoxy groups -OCH3 is 3. The van der Waals surface area contributed by atoms with Crippen molar-refractivity contribution in [3.8, 4) is 17.2 Å². The molecule has 7 heteroatoms. The summed E-state index contributed by atoms with van der Waals surface area (Å²) in [5.74, 6) is 1.83. The summed E-state index contributed by atoms with van der Waals surface area (Å²) >= 11 is 1.67. The van der Waals surface area contributed by atoms with Crippen molar-refractivity contribution in [2.45, 2.75) is 26.2 Å². The monoisotopic (exact) mass is 413 g/mol. The van der Waals surface area contributed by atoms with Crippen LogP contribution in [0.25, 0.3) is 16.6 Å². The van der Waals surface area contributed by atoms with Gasteiger partial charge in [-0.2, -0.15) is 5.10 Å². The molecule has 2 heterocycles. The highest BCUT2D eigenvalue weighted by molar-refractivity contribution is 8.07. The highest BCUT2D eigenvalue weighted by Gasteiger charge is 2.15. The molecule has 0 bridgehead atoms. The number of benzene rings is 1. The van der Waals surface area contributed by atoms with E-state index in [1.807, 2.05) is 22.7 Å². The summed E-state index contributed by atoms with van der Waals surface area (Å²) in [7, 11) is 4.85. The van der Waals surface area contributed by atoms with Crippen molar-refractivity contribution in [2.75, 3.05) is 27.6 Å². The molecule has 6 nitrogen and oxygen atoms in total. The number of rotatable bonds is 9. The summed E-state index contributed by atoms with van der Waals surface area (Å²) in [6.45, 7) is 2.19. The van der Waals surface area contributed by atoms with Gasteiger partial charge in [-0.1, -0.05) is 13.3 Å². The van der Waals surface area contributed by atoms with E-state index in [4.69, 9.17) is 19.2 Å². The number of unbranched alkanes of at least 4 members (excludes halogenated alkanes) is 1. The van der Waals surface area contributed by atoms with Crippen LogP contribution in [0.5, 0.6) is 17.2 Å². The third-order valence-electron chi connectivity index (χ3n) is 4.66. The third kappa shape index (κ3) is 4.50. The molecule has 0 spiro atoms. The van der Waals surface area contributed by atoms with Crippen molar-refractivity contribution in [1.29, 1.82) is 0 Å². The first-order valence-corrected chi connectivity index (χ1v) is 10.8. The molecule has 0 aliphatic carbocycles. The first kappa shape index (κ1) is 21.0. The molecule has 29 heavy (non-hydrogen) atoms. The Morgan fingerprint density at radius 3 is 2.41 bits per heavy atom. The molecule has 2 aromatic heterocycles. The summed E-state index contributed by atoms with van der Waals surface area (Å²) in [6.07, 6.45) is 9.16. The fraction of sp³-hybridized carbons (Fsp3) is 0.364. The van der Waals surface area contributed by atoms with Gasteiger partial charge in [0.1, 0.15) is 0 Å². The highest BCUT2D eigenvalue weighted by atomic mass is 32.2. The molecule has 0 unspecified atom stereocenters. The topological polar surface area (TPSA) is 57.9 Å². The van der Waals surface area contributed by atoms with E-state index in [1.54, 1.807) is 39.3 Å². The van der Waals surface area contributed by atoms with Gasteiger partial charge in [-0.05, 0) is 48.9 Å². The summed E-state index contributed by atoms with van der Waals surface area (Å²) in [6, 6.07) is 7.96. The van der Waals surface area contributed by atoms with E-state index < -0.39 is 0 Å². The van der Waals surface area contributed by atoms with Gasteiger partial charge in [0.05, 0.1) is 33.2 Å². The Kier molecular flexibility index (Phi) is 7.04. The van der Waals surface area contributed by atoms with E-state index in [-0.39, 0.29) is 0 Å². The van der Waals surface area contributed by atoms with Crippen LogP contribution in [0.15, 0.2) is 30.5 Å². The lowest BCUT2D eigenvalue weighted by atomic mass is 10.1. The molecule has 0 radical (unpaired) electrons. The Morgan fingerprint density at radius 1 is 1.10 bits per heavy atom. The average molecular weight is 414 g/mol. The van der Waals surface area contributed by atoms with Crippen LogP contribution in [-0.2, 0) is 6.42 Å². The van der Waals surface area contributed by atoms with Gasteiger partial charge in [-0.15, -0.1) is 11.8 Å². The van der Waals surface area contributed by atoms with E-state index in [9.17, 15) is 0 Å². The number of aromatic nitrogens is 3. The van der Waals surface area contributed by atoms with E-state index in [1.165, 1.54) is 0 Å². The molecule has 0 saturated heterocycles. The lowest BCUT2D eigenvalue weighted by Crippen LogP contribution is -2.02. The molecule has 0 atom stereocenters. The molecule has 1 aromatic carbocycles. The van der Waals surface area contributed by atoms with Crippen LogP contribution in [0, 0.1) is 0 Å². The standard InChI is InChI=1S/C22H27N3O3S/c1-6-7-8-16-14-17(25-21(24-16)9-10-23-25)20(29-5)13-15-11-18(26-2)22(28-4)19(12-15)27-3/h9-14H,6-8H2,1-5H3/b20-13-. The molecule has 0 aliphatic rings. The number of aryl methyl sites for hydroxylation is 1. The summed E-state index contributed by atoms with van der Waals surface area (Å²) in [4.78, 5) is 5.82.